The van der Waals surface area contributed by atoms with E-state index in [-0.39, 0.29) is 11.9 Å². The lowest BCUT2D eigenvalue weighted by Gasteiger charge is -2.22. The Bertz CT molecular complexity index is 442. The third-order valence-electron chi connectivity index (χ3n) is 4.30. The van der Waals surface area contributed by atoms with Crippen molar-refractivity contribution in [2.75, 3.05) is 13.2 Å². The van der Waals surface area contributed by atoms with Gasteiger partial charge in [0.05, 0.1) is 12.7 Å². The lowest BCUT2D eigenvalue weighted by molar-refractivity contribution is -0.161. The molecule has 20 heavy (non-hydrogen) atoms. The van der Waals surface area contributed by atoms with Gasteiger partial charge in [-0.3, -0.25) is 0 Å². The maximum atomic E-state index is 6.12. The second kappa shape index (κ2) is 6.14. The molecule has 110 valence electrons. The average molecular weight is 340 g/mol. The molecule has 1 heterocycles. The molecule has 3 nitrogen and oxygen atoms in total. The van der Waals surface area contributed by atoms with E-state index in [0.717, 1.165) is 30.5 Å². The predicted molar refractivity (Wildman–Crippen MR) is 82.6 cm³/mol. The SMILES string of the molecule is C[C@H](NC[C@H]1COC2(CCCC2)O1)c1ccc(Br)cc1. The molecule has 1 aliphatic heterocycles. The number of halogens is 1. The molecule has 3 rings (SSSR count). The second-order valence-corrected chi connectivity index (χ2v) is 6.77. The summed E-state index contributed by atoms with van der Waals surface area (Å²) < 4.78 is 13.1. The largest absolute Gasteiger partial charge is 0.347 e. The van der Waals surface area contributed by atoms with Gasteiger partial charge in [0.1, 0.15) is 0 Å². The molecule has 0 unspecified atom stereocenters. The van der Waals surface area contributed by atoms with E-state index in [4.69, 9.17) is 9.47 Å². The van der Waals surface area contributed by atoms with Crippen LogP contribution >= 0.6 is 15.9 Å². The van der Waals surface area contributed by atoms with Gasteiger partial charge in [-0.2, -0.15) is 0 Å². The van der Waals surface area contributed by atoms with Crippen LogP contribution in [0.1, 0.15) is 44.2 Å². The van der Waals surface area contributed by atoms with Crippen LogP contribution < -0.4 is 5.32 Å². The van der Waals surface area contributed by atoms with Crippen LogP contribution in [0.4, 0.5) is 0 Å². The minimum Gasteiger partial charge on any atom is -0.347 e. The van der Waals surface area contributed by atoms with Gasteiger partial charge in [0.2, 0.25) is 0 Å². The van der Waals surface area contributed by atoms with Crippen LogP contribution in [0, 0.1) is 0 Å². The van der Waals surface area contributed by atoms with Crippen molar-refractivity contribution in [2.24, 2.45) is 0 Å². The highest BCUT2D eigenvalue weighted by Gasteiger charge is 2.43. The fourth-order valence-corrected chi connectivity index (χ4v) is 3.33. The van der Waals surface area contributed by atoms with E-state index in [0.29, 0.717) is 6.04 Å². The molecule has 2 atom stereocenters. The third kappa shape index (κ3) is 3.25. The zero-order valence-electron chi connectivity index (χ0n) is 11.9. The van der Waals surface area contributed by atoms with Crippen LogP contribution in [-0.2, 0) is 9.47 Å². The Morgan fingerprint density at radius 2 is 2.00 bits per heavy atom. The van der Waals surface area contributed by atoms with E-state index in [1.807, 2.05) is 0 Å². The first-order valence-electron chi connectivity index (χ1n) is 7.47. The van der Waals surface area contributed by atoms with Crippen LogP contribution in [0.5, 0.6) is 0 Å². The molecule has 0 bridgehead atoms. The van der Waals surface area contributed by atoms with Crippen molar-refractivity contribution in [1.29, 1.82) is 0 Å². The number of hydrogen-bond acceptors (Lipinski definition) is 3. The fraction of sp³-hybridized carbons (Fsp3) is 0.625. The van der Waals surface area contributed by atoms with Crippen LogP contribution in [0.3, 0.4) is 0 Å². The minimum atomic E-state index is -0.243. The molecule has 0 radical (unpaired) electrons. The molecule has 1 aromatic rings. The molecule has 2 aliphatic rings. The summed E-state index contributed by atoms with van der Waals surface area (Å²) in [6, 6.07) is 8.78. The zero-order valence-corrected chi connectivity index (χ0v) is 13.5. The Balaban J connectivity index is 1.49. The van der Waals surface area contributed by atoms with Gasteiger partial charge < -0.3 is 14.8 Å². The van der Waals surface area contributed by atoms with Gasteiger partial charge in [-0.05, 0) is 37.5 Å². The first-order chi connectivity index (χ1) is 9.67. The van der Waals surface area contributed by atoms with Crippen molar-refractivity contribution in [1.82, 2.24) is 5.32 Å². The first kappa shape index (κ1) is 14.5. The van der Waals surface area contributed by atoms with E-state index in [9.17, 15) is 0 Å². The van der Waals surface area contributed by atoms with Gasteiger partial charge in [0.15, 0.2) is 5.79 Å². The highest BCUT2D eigenvalue weighted by Crippen LogP contribution is 2.39. The Morgan fingerprint density at radius 1 is 1.30 bits per heavy atom. The maximum absolute atomic E-state index is 6.12. The molecule has 1 aliphatic carbocycles. The number of ether oxygens (including phenoxy) is 2. The van der Waals surface area contributed by atoms with Gasteiger partial charge in [0.25, 0.3) is 0 Å². The van der Waals surface area contributed by atoms with Crippen molar-refractivity contribution in [2.45, 2.75) is 50.5 Å². The number of rotatable bonds is 4. The standard InChI is InChI=1S/C16H22BrNO2/c1-12(13-4-6-14(17)7-5-13)18-10-15-11-19-16(20-15)8-2-3-9-16/h4-7,12,15,18H,2-3,8-11H2,1H3/t12-,15-/m0/s1. The van der Waals surface area contributed by atoms with Crippen LogP contribution in [0.25, 0.3) is 0 Å². The van der Waals surface area contributed by atoms with Gasteiger partial charge in [-0.15, -0.1) is 0 Å². The highest BCUT2D eigenvalue weighted by molar-refractivity contribution is 9.10. The molecule has 2 fully saturated rings. The quantitative estimate of drug-likeness (QED) is 0.905. The second-order valence-electron chi connectivity index (χ2n) is 5.85. The predicted octanol–water partition coefficient (Wildman–Crippen LogP) is 3.79. The molecule has 1 aromatic carbocycles. The van der Waals surface area contributed by atoms with Gasteiger partial charge in [-0.25, -0.2) is 0 Å². The van der Waals surface area contributed by atoms with E-state index < -0.39 is 0 Å². The van der Waals surface area contributed by atoms with Crippen molar-refractivity contribution < 1.29 is 9.47 Å². The first-order valence-corrected chi connectivity index (χ1v) is 8.27. The fourth-order valence-electron chi connectivity index (χ4n) is 3.07. The molecular weight excluding hydrogens is 318 g/mol. The Hall–Kier alpha value is -0.420. The summed E-state index contributed by atoms with van der Waals surface area (Å²) in [6.07, 6.45) is 4.77. The summed E-state index contributed by atoms with van der Waals surface area (Å²) in [5.41, 5.74) is 1.29. The normalized spacial score (nSPS) is 26.2. The molecule has 1 saturated heterocycles. The number of hydrogen-bond donors (Lipinski definition) is 1. The molecule has 0 aromatic heterocycles. The Kier molecular flexibility index (Phi) is 4.46. The highest BCUT2D eigenvalue weighted by atomic mass is 79.9. The van der Waals surface area contributed by atoms with Crippen LogP contribution in [-0.4, -0.2) is 25.0 Å². The average Bonchev–Trinajstić information content (AvgIpc) is 3.08. The molecule has 0 amide bonds. The Morgan fingerprint density at radius 3 is 2.70 bits per heavy atom. The minimum absolute atomic E-state index is 0.186. The van der Waals surface area contributed by atoms with Crippen molar-refractivity contribution in [3.05, 3.63) is 34.3 Å². The van der Waals surface area contributed by atoms with E-state index in [1.54, 1.807) is 0 Å². The van der Waals surface area contributed by atoms with Gasteiger partial charge in [-0.1, -0.05) is 28.1 Å². The zero-order chi connectivity index (χ0) is 14.0. The summed E-state index contributed by atoms with van der Waals surface area (Å²) in [6.45, 7) is 3.75. The lowest BCUT2D eigenvalue weighted by Crippen LogP contribution is -2.33. The molecular formula is C16H22BrNO2. The maximum Gasteiger partial charge on any atom is 0.168 e. The van der Waals surface area contributed by atoms with Crippen molar-refractivity contribution in [3.8, 4) is 0 Å². The van der Waals surface area contributed by atoms with E-state index >= 15 is 0 Å². The summed E-state index contributed by atoms with van der Waals surface area (Å²) >= 11 is 3.46. The summed E-state index contributed by atoms with van der Waals surface area (Å²) in [7, 11) is 0. The van der Waals surface area contributed by atoms with Crippen molar-refractivity contribution >= 4 is 15.9 Å². The summed E-state index contributed by atoms with van der Waals surface area (Å²) in [5.74, 6) is -0.243. The summed E-state index contributed by atoms with van der Waals surface area (Å²) in [5, 5.41) is 3.55. The monoisotopic (exact) mass is 339 g/mol. The van der Waals surface area contributed by atoms with Crippen LogP contribution in [0.2, 0.25) is 0 Å². The Labute approximate surface area is 129 Å². The molecule has 1 spiro atoms. The molecule has 1 saturated carbocycles. The van der Waals surface area contributed by atoms with E-state index in [1.165, 1.54) is 18.4 Å². The number of benzene rings is 1. The summed E-state index contributed by atoms with van der Waals surface area (Å²) in [4.78, 5) is 0. The smallest absolute Gasteiger partial charge is 0.168 e. The molecule has 4 heteroatoms. The topological polar surface area (TPSA) is 30.5 Å². The van der Waals surface area contributed by atoms with Gasteiger partial charge in [0, 0.05) is 29.9 Å². The van der Waals surface area contributed by atoms with Crippen molar-refractivity contribution in [3.63, 3.8) is 0 Å². The van der Waals surface area contributed by atoms with Gasteiger partial charge >= 0.3 is 0 Å². The number of nitrogens with one attached hydrogen (secondary N) is 1. The molecule has 1 N–H and O–H groups in total. The lowest BCUT2D eigenvalue weighted by atomic mass is 10.1. The van der Waals surface area contributed by atoms with Crippen LogP contribution in [0.15, 0.2) is 28.7 Å². The third-order valence-corrected chi connectivity index (χ3v) is 4.83. The van der Waals surface area contributed by atoms with E-state index in [2.05, 4.69) is 52.4 Å².